The highest BCUT2D eigenvalue weighted by Crippen LogP contribution is 2.32. The lowest BCUT2D eigenvalue weighted by Crippen LogP contribution is -2.27. The predicted molar refractivity (Wildman–Crippen MR) is 130 cm³/mol. The topological polar surface area (TPSA) is 108 Å². The Labute approximate surface area is 203 Å². The predicted octanol–water partition coefficient (Wildman–Crippen LogP) is 3.51. The summed E-state index contributed by atoms with van der Waals surface area (Å²) in [4.78, 5) is 16.9. The van der Waals surface area contributed by atoms with E-state index in [0.717, 1.165) is 12.8 Å². The van der Waals surface area contributed by atoms with Crippen LogP contribution in [0.25, 0.3) is 22.2 Å². The van der Waals surface area contributed by atoms with Crippen LogP contribution in [-0.2, 0) is 21.3 Å². The molecule has 2 aromatic carbocycles. The van der Waals surface area contributed by atoms with Gasteiger partial charge in [0.25, 0.3) is 0 Å². The molecular weight excluding hydrogens is 483 g/mol. The van der Waals surface area contributed by atoms with E-state index in [1.165, 1.54) is 23.8 Å². The summed E-state index contributed by atoms with van der Waals surface area (Å²) in [7, 11) is -2.35. The van der Waals surface area contributed by atoms with Crippen molar-refractivity contribution in [1.29, 1.82) is 0 Å². The maximum absolute atomic E-state index is 14.1. The second-order valence-corrected chi connectivity index (χ2v) is 9.72. The third-order valence-corrected chi connectivity index (χ3v) is 7.55. The number of sulfonamides is 1. The van der Waals surface area contributed by atoms with Gasteiger partial charge in [0.15, 0.2) is 0 Å². The van der Waals surface area contributed by atoms with Crippen molar-refractivity contribution in [2.75, 3.05) is 26.7 Å². The van der Waals surface area contributed by atoms with Crippen molar-refractivity contribution in [2.45, 2.75) is 24.3 Å². The van der Waals surface area contributed by atoms with Crippen molar-refractivity contribution in [1.82, 2.24) is 13.9 Å². The molecule has 1 aliphatic heterocycles. The van der Waals surface area contributed by atoms with Crippen LogP contribution < -0.4 is 5.73 Å². The largest absolute Gasteiger partial charge is 0.465 e. The number of carbonyl (C=O) groups is 1. The van der Waals surface area contributed by atoms with Crippen LogP contribution in [0, 0.1) is 0 Å². The number of rotatable bonds is 7. The molecule has 0 saturated carbocycles. The molecule has 0 bridgehead atoms. The lowest BCUT2D eigenvalue weighted by molar-refractivity contribution is 0.0601. The molecule has 0 amide bonds. The Morgan fingerprint density at radius 1 is 1.24 bits per heavy atom. The van der Waals surface area contributed by atoms with Crippen LogP contribution >= 0.6 is 12.4 Å². The van der Waals surface area contributed by atoms with Gasteiger partial charge in [-0.25, -0.2) is 22.6 Å². The fraction of sp³-hybridized carbons (Fsp3) is 0.304. The summed E-state index contributed by atoms with van der Waals surface area (Å²) in [6.07, 6.45) is 4.42. The number of methoxy groups -OCH3 is 1. The van der Waals surface area contributed by atoms with Crippen molar-refractivity contribution in [2.24, 2.45) is 5.73 Å². The first-order valence-corrected chi connectivity index (χ1v) is 12.0. The molecule has 3 aromatic rings. The van der Waals surface area contributed by atoms with Gasteiger partial charge < -0.3 is 15.0 Å². The van der Waals surface area contributed by atoms with E-state index < -0.39 is 21.8 Å². The van der Waals surface area contributed by atoms with E-state index in [4.69, 9.17) is 10.5 Å². The van der Waals surface area contributed by atoms with E-state index in [2.05, 4.69) is 4.98 Å². The van der Waals surface area contributed by atoms with Crippen LogP contribution in [0.3, 0.4) is 0 Å². The van der Waals surface area contributed by atoms with E-state index in [-0.39, 0.29) is 36.0 Å². The summed E-state index contributed by atoms with van der Waals surface area (Å²) < 4.78 is 48.2. The average molecular weight is 509 g/mol. The van der Waals surface area contributed by atoms with Crippen LogP contribution in [0.4, 0.5) is 4.39 Å². The van der Waals surface area contributed by atoms with E-state index in [9.17, 15) is 17.6 Å². The van der Waals surface area contributed by atoms with Gasteiger partial charge in [-0.05, 0) is 48.7 Å². The molecule has 1 saturated heterocycles. The molecule has 2 heterocycles. The molecule has 4 rings (SSSR count). The van der Waals surface area contributed by atoms with Crippen LogP contribution in [0.5, 0.6) is 0 Å². The van der Waals surface area contributed by atoms with E-state index >= 15 is 0 Å². The van der Waals surface area contributed by atoms with Gasteiger partial charge in [-0.3, -0.25) is 0 Å². The first-order chi connectivity index (χ1) is 15.8. The smallest absolute Gasteiger partial charge is 0.337 e. The average Bonchev–Trinajstić information content (AvgIpc) is 3.49. The summed E-state index contributed by atoms with van der Waals surface area (Å²) in [5.74, 6) is -0.995. The fourth-order valence-corrected chi connectivity index (χ4v) is 5.57. The SMILES string of the molecule is COC(=O)c1cc(-c2cccc(S(=O)(=O)N3CCCC3)c2)c2ncn(C/C(F)=C/CN)c2c1.Cl. The Bertz CT molecular complexity index is 1330. The van der Waals surface area contributed by atoms with Crippen molar-refractivity contribution in [3.05, 3.63) is 60.2 Å². The number of ether oxygens (including phenoxy) is 1. The molecule has 0 atom stereocenters. The van der Waals surface area contributed by atoms with Gasteiger partial charge in [-0.15, -0.1) is 12.4 Å². The fourth-order valence-electron chi connectivity index (χ4n) is 4.00. The number of carbonyl (C=O) groups excluding carboxylic acids is 1. The number of imidazole rings is 1. The Hall–Kier alpha value is -2.79. The lowest BCUT2D eigenvalue weighted by Gasteiger charge is -2.16. The monoisotopic (exact) mass is 508 g/mol. The summed E-state index contributed by atoms with van der Waals surface area (Å²) in [5.41, 5.74) is 7.80. The zero-order valence-electron chi connectivity index (χ0n) is 18.6. The lowest BCUT2D eigenvalue weighted by atomic mass is 10.0. The Morgan fingerprint density at radius 2 is 1.97 bits per heavy atom. The molecule has 182 valence electrons. The second kappa shape index (κ2) is 10.6. The number of benzene rings is 2. The summed E-state index contributed by atoms with van der Waals surface area (Å²) in [5, 5.41) is 0. The standard InChI is InChI=1S/C23H25FN4O4S.ClH/c1-32-23(29)17-12-20(22-21(13-17)27(15-26-22)14-18(24)7-8-25)16-5-4-6-19(11-16)33(30,31)28-9-2-3-10-28;/h4-7,11-13,15H,2-3,8-10,14,25H2,1H3;1H/b18-7-;. The van der Waals surface area contributed by atoms with Crippen LogP contribution in [0.15, 0.2) is 59.5 Å². The quantitative estimate of drug-likeness (QED) is 0.489. The molecule has 8 nitrogen and oxygen atoms in total. The number of aromatic nitrogens is 2. The normalized spacial score (nSPS) is 14.9. The Kier molecular flexibility index (Phi) is 8.09. The summed E-state index contributed by atoms with van der Waals surface area (Å²) in [6, 6.07) is 9.75. The molecule has 1 aromatic heterocycles. The molecule has 0 radical (unpaired) electrons. The van der Waals surface area contributed by atoms with Crippen LogP contribution in [0.1, 0.15) is 23.2 Å². The van der Waals surface area contributed by atoms with Crippen LogP contribution in [-0.4, -0.2) is 55.0 Å². The summed E-state index contributed by atoms with van der Waals surface area (Å²) in [6.45, 7) is 0.971. The number of nitrogens with zero attached hydrogens (tertiary/aromatic N) is 3. The number of esters is 1. The van der Waals surface area contributed by atoms with E-state index in [1.54, 1.807) is 41.0 Å². The van der Waals surface area contributed by atoms with Crippen molar-refractivity contribution < 1.29 is 22.3 Å². The van der Waals surface area contributed by atoms with Gasteiger partial charge in [0.2, 0.25) is 10.0 Å². The maximum Gasteiger partial charge on any atom is 0.337 e. The molecular formula is C23H26ClFN4O4S. The van der Waals surface area contributed by atoms with Gasteiger partial charge in [0.05, 0.1) is 41.5 Å². The highest BCUT2D eigenvalue weighted by molar-refractivity contribution is 7.89. The number of hydrogen-bond donors (Lipinski definition) is 1. The second-order valence-electron chi connectivity index (χ2n) is 7.78. The van der Waals surface area contributed by atoms with Gasteiger partial charge in [0.1, 0.15) is 5.83 Å². The first-order valence-electron chi connectivity index (χ1n) is 10.6. The molecule has 2 N–H and O–H groups in total. The highest BCUT2D eigenvalue weighted by Gasteiger charge is 2.27. The van der Waals surface area contributed by atoms with Gasteiger partial charge in [-0.2, -0.15) is 4.31 Å². The maximum atomic E-state index is 14.1. The summed E-state index contributed by atoms with van der Waals surface area (Å²) >= 11 is 0. The third kappa shape index (κ3) is 5.00. The van der Waals surface area contributed by atoms with Crippen molar-refractivity contribution >= 4 is 39.4 Å². The number of allylic oxidation sites excluding steroid dienone is 1. The van der Waals surface area contributed by atoms with Crippen molar-refractivity contribution in [3.8, 4) is 11.1 Å². The molecule has 0 spiro atoms. The molecule has 0 unspecified atom stereocenters. The van der Waals surface area contributed by atoms with Crippen molar-refractivity contribution in [3.63, 3.8) is 0 Å². The third-order valence-electron chi connectivity index (χ3n) is 5.66. The molecule has 0 aliphatic carbocycles. The molecule has 1 aliphatic rings. The van der Waals surface area contributed by atoms with E-state index in [1.807, 2.05) is 0 Å². The number of nitrogens with two attached hydrogens (primary N) is 1. The van der Waals surface area contributed by atoms with Crippen LogP contribution in [0.2, 0.25) is 0 Å². The minimum Gasteiger partial charge on any atom is -0.465 e. The molecule has 34 heavy (non-hydrogen) atoms. The Morgan fingerprint density at radius 3 is 2.65 bits per heavy atom. The number of fused-ring (bicyclic) bond motifs is 1. The molecule has 1 fully saturated rings. The highest BCUT2D eigenvalue weighted by atomic mass is 35.5. The minimum atomic E-state index is -3.62. The first kappa shape index (κ1) is 25.8. The molecule has 11 heteroatoms. The van der Waals surface area contributed by atoms with Gasteiger partial charge in [0, 0.05) is 25.2 Å². The number of halogens is 2. The zero-order chi connectivity index (χ0) is 23.6. The Balaban J connectivity index is 0.00000324. The number of hydrogen-bond acceptors (Lipinski definition) is 6. The zero-order valence-corrected chi connectivity index (χ0v) is 20.2. The van der Waals surface area contributed by atoms with E-state index in [0.29, 0.717) is 35.2 Å². The van der Waals surface area contributed by atoms with Gasteiger partial charge in [-0.1, -0.05) is 12.1 Å². The minimum absolute atomic E-state index is 0. The van der Waals surface area contributed by atoms with Gasteiger partial charge >= 0.3 is 5.97 Å².